The Morgan fingerprint density at radius 2 is 2.35 bits per heavy atom. The maximum absolute atomic E-state index is 7.41. The van der Waals surface area contributed by atoms with Gasteiger partial charge < -0.3 is 15.4 Å². The number of morpholine rings is 1. The summed E-state index contributed by atoms with van der Waals surface area (Å²) in [6, 6.07) is 6.14. The molecule has 1 fully saturated rings. The zero-order valence-electron chi connectivity index (χ0n) is 9.74. The number of hydrogen-bond acceptors (Lipinski definition) is 3. The molecular formula is C12H16BrN3O. The van der Waals surface area contributed by atoms with Crippen molar-refractivity contribution in [3.63, 3.8) is 0 Å². The zero-order valence-corrected chi connectivity index (χ0v) is 11.3. The van der Waals surface area contributed by atoms with E-state index in [4.69, 9.17) is 15.9 Å². The number of halogens is 1. The summed E-state index contributed by atoms with van der Waals surface area (Å²) >= 11 is 3.54. The lowest BCUT2D eigenvalue weighted by Gasteiger charge is -2.36. The van der Waals surface area contributed by atoms with Gasteiger partial charge in [-0.1, -0.05) is 0 Å². The molecule has 2 rings (SSSR count). The van der Waals surface area contributed by atoms with Crippen LogP contribution >= 0.6 is 15.9 Å². The highest BCUT2D eigenvalue weighted by molar-refractivity contribution is 9.10. The van der Waals surface area contributed by atoms with Crippen molar-refractivity contribution in [2.45, 2.75) is 13.0 Å². The van der Waals surface area contributed by atoms with Crippen LogP contribution in [0.4, 0.5) is 5.69 Å². The summed E-state index contributed by atoms with van der Waals surface area (Å²) in [5.74, 6) is 0.0901. The Morgan fingerprint density at radius 1 is 1.59 bits per heavy atom. The molecule has 3 N–H and O–H groups in total. The highest BCUT2D eigenvalue weighted by atomic mass is 79.9. The zero-order chi connectivity index (χ0) is 12.4. The second-order valence-corrected chi connectivity index (χ2v) is 5.05. The van der Waals surface area contributed by atoms with E-state index in [-0.39, 0.29) is 5.84 Å². The van der Waals surface area contributed by atoms with Gasteiger partial charge in [0, 0.05) is 22.6 Å². The normalized spacial score (nSPS) is 20.4. The van der Waals surface area contributed by atoms with E-state index in [9.17, 15) is 0 Å². The van der Waals surface area contributed by atoms with Crippen molar-refractivity contribution in [2.24, 2.45) is 5.73 Å². The third-order valence-corrected chi connectivity index (χ3v) is 3.57. The Kier molecular flexibility index (Phi) is 3.69. The van der Waals surface area contributed by atoms with Gasteiger partial charge in [-0.2, -0.15) is 0 Å². The molecule has 0 saturated carbocycles. The fourth-order valence-electron chi connectivity index (χ4n) is 1.99. The molecule has 92 valence electrons. The van der Waals surface area contributed by atoms with Crippen LogP contribution in [0.15, 0.2) is 22.7 Å². The van der Waals surface area contributed by atoms with Gasteiger partial charge in [-0.25, -0.2) is 0 Å². The first-order chi connectivity index (χ1) is 8.09. The Balaban J connectivity index is 2.29. The molecular weight excluding hydrogens is 282 g/mol. The molecule has 0 radical (unpaired) electrons. The minimum absolute atomic E-state index is 0.0901. The Morgan fingerprint density at radius 3 is 2.94 bits per heavy atom. The van der Waals surface area contributed by atoms with E-state index in [1.807, 2.05) is 18.2 Å². The van der Waals surface area contributed by atoms with Crippen molar-refractivity contribution in [1.29, 1.82) is 5.41 Å². The maximum atomic E-state index is 7.41. The first-order valence-corrected chi connectivity index (χ1v) is 6.37. The lowest BCUT2D eigenvalue weighted by atomic mass is 10.1. The van der Waals surface area contributed by atoms with E-state index in [1.165, 1.54) is 0 Å². The molecule has 0 aliphatic carbocycles. The molecule has 4 nitrogen and oxygen atoms in total. The minimum Gasteiger partial charge on any atom is -0.384 e. The topological polar surface area (TPSA) is 62.3 Å². The summed E-state index contributed by atoms with van der Waals surface area (Å²) in [6.07, 6.45) is 0. The molecule has 0 amide bonds. The van der Waals surface area contributed by atoms with Gasteiger partial charge in [0.05, 0.1) is 18.9 Å². The molecule has 1 heterocycles. The number of benzene rings is 1. The van der Waals surface area contributed by atoms with E-state index < -0.39 is 0 Å². The van der Waals surface area contributed by atoms with Gasteiger partial charge in [-0.05, 0) is 41.1 Å². The number of rotatable bonds is 2. The summed E-state index contributed by atoms with van der Waals surface area (Å²) in [7, 11) is 0. The third-order valence-electron chi connectivity index (χ3n) is 2.94. The molecule has 0 bridgehead atoms. The van der Waals surface area contributed by atoms with E-state index in [2.05, 4.69) is 27.8 Å². The predicted octanol–water partition coefficient (Wildman–Crippen LogP) is 1.96. The Labute approximate surface area is 109 Å². The summed E-state index contributed by atoms with van der Waals surface area (Å²) in [5.41, 5.74) is 7.34. The van der Waals surface area contributed by atoms with Gasteiger partial charge in [0.2, 0.25) is 0 Å². The van der Waals surface area contributed by atoms with Crippen LogP contribution in [0.5, 0.6) is 0 Å². The molecule has 0 aromatic heterocycles. The van der Waals surface area contributed by atoms with Gasteiger partial charge in [0.1, 0.15) is 5.84 Å². The van der Waals surface area contributed by atoms with Gasteiger partial charge in [-0.3, -0.25) is 5.41 Å². The molecule has 1 aromatic rings. The van der Waals surface area contributed by atoms with Crippen LogP contribution in [-0.2, 0) is 4.74 Å². The molecule has 1 saturated heterocycles. The third kappa shape index (κ3) is 2.61. The van der Waals surface area contributed by atoms with Crippen molar-refractivity contribution >= 4 is 27.5 Å². The standard InChI is InChI=1S/C12H16BrN3O/c1-8-7-17-5-4-16(8)11-3-2-9(12(14)15)6-10(11)13/h2-3,6,8H,4-5,7H2,1H3,(H3,14,15). The van der Waals surface area contributed by atoms with Crippen molar-refractivity contribution < 1.29 is 4.74 Å². The van der Waals surface area contributed by atoms with E-state index in [0.717, 1.165) is 35.5 Å². The Hall–Kier alpha value is -1.07. The lowest BCUT2D eigenvalue weighted by molar-refractivity contribution is 0.0989. The number of nitrogen functional groups attached to an aromatic ring is 1. The monoisotopic (exact) mass is 297 g/mol. The first kappa shape index (κ1) is 12.4. The number of hydrogen-bond donors (Lipinski definition) is 2. The van der Waals surface area contributed by atoms with Crippen molar-refractivity contribution in [3.8, 4) is 0 Å². The number of nitrogens with zero attached hydrogens (tertiary/aromatic N) is 1. The van der Waals surface area contributed by atoms with Crippen molar-refractivity contribution in [1.82, 2.24) is 0 Å². The lowest BCUT2D eigenvalue weighted by Crippen LogP contribution is -2.43. The number of ether oxygens (including phenoxy) is 1. The van der Waals surface area contributed by atoms with Gasteiger partial charge >= 0.3 is 0 Å². The number of anilines is 1. The fourth-order valence-corrected chi connectivity index (χ4v) is 2.60. The van der Waals surface area contributed by atoms with Gasteiger partial charge in [-0.15, -0.1) is 0 Å². The van der Waals surface area contributed by atoms with E-state index >= 15 is 0 Å². The van der Waals surface area contributed by atoms with Crippen LogP contribution in [0.3, 0.4) is 0 Å². The smallest absolute Gasteiger partial charge is 0.122 e. The molecule has 1 unspecified atom stereocenters. The molecule has 1 aliphatic rings. The van der Waals surface area contributed by atoms with Crippen LogP contribution < -0.4 is 10.6 Å². The van der Waals surface area contributed by atoms with Crippen LogP contribution in [-0.4, -0.2) is 31.6 Å². The minimum atomic E-state index is 0.0901. The average molecular weight is 298 g/mol. The summed E-state index contributed by atoms with van der Waals surface area (Å²) < 4.78 is 6.40. The Bertz CT molecular complexity index is 436. The number of amidine groups is 1. The summed E-state index contributed by atoms with van der Waals surface area (Å²) in [6.45, 7) is 4.54. The van der Waals surface area contributed by atoms with Crippen LogP contribution in [0.2, 0.25) is 0 Å². The van der Waals surface area contributed by atoms with Crippen molar-refractivity contribution in [2.75, 3.05) is 24.7 Å². The highest BCUT2D eigenvalue weighted by Gasteiger charge is 2.21. The molecule has 5 heteroatoms. The quantitative estimate of drug-likeness (QED) is 0.648. The second-order valence-electron chi connectivity index (χ2n) is 4.20. The highest BCUT2D eigenvalue weighted by Crippen LogP contribution is 2.29. The largest absolute Gasteiger partial charge is 0.384 e. The van der Waals surface area contributed by atoms with Crippen molar-refractivity contribution in [3.05, 3.63) is 28.2 Å². The fraction of sp³-hybridized carbons (Fsp3) is 0.417. The molecule has 1 aromatic carbocycles. The van der Waals surface area contributed by atoms with Crippen LogP contribution in [0.1, 0.15) is 12.5 Å². The van der Waals surface area contributed by atoms with Gasteiger partial charge in [0.15, 0.2) is 0 Å². The summed E-state index contributed by atoms with van der Waals surface area (Å²) in [5, 5.41) is 7.41. The molecule has 1 aliphatic heterocycles. The first-order valence-electron chi connectivity index (χ1n) is 5.58. The second kappa shape index (κ2) is 5.06. The van der Waals surface area contributed by atoms with Crippen LogP contribution in [0, 0.1) is 5.41 Å². The van der Waals surface area contributed by atoms with Crippen LogP contribution in [0.25, 0.3) is 0 Å². The molecule has 1 atom stereocenters. The predicted molar refractivity (Wildman–Crippen MR) is 72.8 cm³/mol. The number of nitrogens with one attached hydrogen (secondary N) is 1. The molecule has 0 spiro atoms. The summed E-state index contributed by atoms with van der Waals surface area (Å²) in [4.78, 5) is 2.30. The van der Waals surface area contributed by atoms with Gasteiger partial charge in [0.25, 0.3) is 0 Å². The van der Waals surface area contributed by atoms with E-state index in [1.54, 1.807) is 0 Å². The SMILES string of the molecule is CC1COCCN1c1ccc(C(=N)N)cc1Br. The maximum Gasteiger partial charge on any atom is 0.122 e. The number of nitrogens with two attached hydrogens (primary N) is 1. The average Bonchev–Trinajstić information content (AvgIpc) is 2.30. The molecule has 17 heavy (non-hydrogen) atoms. The van der Waals surface area contributed by atoms with E-state index in [0.29, 0.717) is 6.04 Å².